The molecule has 34 heavy (non-hydrogen) atoms. The first-order chi connectivity index (χ1) is 15.8. The fourth-order valence-electron chi connectivity index (χ4n) is 4.53. The summed E-state index contributed by atoms with van der Waals surface area (Å²) in [6, 6.07) is 2.28. The minimum absolute atomic E-state index is 0.00995. The standard InChI is InChI=1S/C21H26ClF2N9O/c1-20(2)8-11(9-21(3,4)29-20)26-17-14(24)10-25-18(28-17)27-15-7-16(12(22)6-13(15)23)33-19(34)32(5)30-31-33/h6-7,10-11,29H,8-9H2,1-5H3,(H2,25,26,27,28). The van der Waals surface area contributed by atoms with Gasteiger partial charge in [-0.2, -0.15) is 14.3 Å². The fourth-order valence-corrected chi connectivity index (χ4v) is 4.76. The third-order valence-corrected chi connectivity index (χ3v) is 5.81. The quantitative estimate of drug-likeness (QED) is 0.496. The lowest BCUT2D eigenvalue weighted by Gasteiger charge is -2.46. The lowest BCUT2D eigenvalue weighted by atomic mass is 9.79. The van der Waals surface area contributed by atoms with Crippen molar-refractivity contribution in [2.24, 2.45) is 7.05 Å². The van der Waals surface area contributed by atoms with Crippen molar-refractivity contribution in [2.45, 2.75) is 57.7 Å². The molecule has 2 aromatic heterocycles. The van der Waals surface area contributed by atoms with Crippen molar-refractivity contribution in [3.05, 3.63) is 45.5 Å². The van der Waals surface area contributed by atoms with Crippen molar-refractivity contribution in [1.82, 2.24) is 35.1 Å². The van der Waals surface area contributed by atoms with Crippen LogP contribution in [0.1, 0.15) is 40.5 Å². The number of nitrogens with zero attached hydrogens (tertiary/aromatic N) is 6. The topological polar surface area (TPSA) is 115 Å². The zero-order valence-electron chi connectivity index (χ0n) is 19.4. The maximum Gasteiger partial charge on any atom is 0.368 e. The molecule has 0 radical (unpaired) electrons. The summed E-state index contributed by atoms with van der Waals surface area (Å²) in [6.07, 6.45) is 2.52. The largest absolute Gasteiger partial charge is 0.368 e. The van der Waals surface area contributed by atoms with Gasteiger partial charge in [-0.15, -0.1) is 0 Å². The molecule has 0 aliphatic carbocycles. The van der Waals surface area contributed by atoms with Crippen LogP contribution >= 0.6 is 11.6 Å². The number of nitrogens with one attached hydrogen (secondary N) is 3. The van der Waals surface area contributed by atoms with Gasteiger partial charge < -0.3 is 16.0 Å². The van der Waals surface area contributed by atoms with Gasteiger partial charge in [0.25, 0.3) is 0 Å². The molecule has 0 unspecified atom stereocenters. The molecule has 1 aliphatic heterocycles. The number of anilines is 3. The van der Waals surface area contributed by atoms with Crippen LogP contribution in [0.3, 0.4) is 0 Å². The second kappa shape index (κ2) is 8.58. The molecular formula is C21H26ClF2N9O. The molecule has 0 bridgehead atoms. The highest BCUT2D eigenvalue weighted by Crippen LogP contribution is 2.31. The predicted octanol–water partition coefficient (Wildman–Crippen LogP) is 3.15. The Kier molecular flexibility index (Phi) is 6.06. The van der Waals surface area contributed by atoms with Gasteiger partial charge in [0.05, 0.1) is 22.6 Å². The minimum atomic E-state index is -0.713. The van der Waals surface area contributed by atoms with Crippen LogP contribution in [0.5, 0.6) is 0 Å². The van der Waals surface area contributed by atoms with Crippen molar-refractivity contribution >= 4 is 29.1 Å². The van der Waals surface area contributed by atoms with Crippen LogP contribution in [0, 0.1) is 11.6 Å². The number of benzene rings is 1. The summed E-state index contributed by atoms with van der Waals surface area (Å²) < 4.78 is 31.1. The fraction of sp³-hybridized carbons (Fsp3) is 0.476. The molecule has 13 heteroatoms. The molecule has 0 amide bonds. The molecule has 182 valence electrons. The Hall–Kier alpha value is -3.12. The maximum atomic E-state index is 14.6. The predicted molar refractivity (Wildman–Crippen MR) is 125 cm³/mol. The molecule has 0 spiro atoms. The highest BCUT2D eigenvalue weighted by Gasteiger charge is 2.38. The summed E-state index contributed by atoms with van der Waals surface area (Å²) in [6.45, 7) is 8.37. The van der Waals surface area contributed by atoms with E-state index >= 15 is 0 Å². The van der Waals surface area contributed by atoms with Crippen molar-refractivity contribution in [2.75, 3.05) is 10.6 Å². The molecule has 3 N–H and O–H groups in total. The van der Waals surface area contributed by atoms with E-state index in [1.54, 1.807) is 0 Å². The average molecular weight is 494 g/mol. The van der Waals surface area contributed by atoms with Crippen LogP contribution < -0.4 is 21.6 Å². The van der Waals surface area contributed by atoms with Crippen LogP contribution in [0.15, 0.2) is 23.1 Å². The number of hydrogen-bond acceptors (Lipinski definition) is 8. The zero-order chi connectivity index (χ0) is 24.8. The van der Waals surface area contributed by atoms with Gasteiger partial charge in [-0.25, -0.2) is 18.6 Å². The number of piperidine rings is 1. The van der Waals surface area contributed by atoms with Gasteiger partial charge in [-0.05, 0) is 63.1 Å². The third-order valence-electron chi connectivity index (χ3n) is 5.51. The van der Waals surface area contributed by atoms with Crippen molar-refractivity contribution < 1.29 is 8.78 Å². The molecule has 4 rings (SSSR count). The molecule has 1 aliphatic rings. The van der Waals surface area contributed by atoms with Crippen LogP contribution in [-0.2, 0) is 7.05 Å². The van der Waals surface area contributed by atoms with Crippen molar-refractivity contribution in [3.8, 4) is 5.69 Å². The van der Waals surface area contributed by atoms with Gasteiger partial charge in [-0.3, -0.25) is 0 Å². The molecule has 1 saturated heterocycles. The van der Waals surface area contributed by atoms with Gasteiger partial charge in [0, 0.05) is 24.2 Å². The van der Waals surface area contributed by atoms with Crippen molar-refractivity contribution in [3.63, 3.8) is 0 Å². The minimum Gasteiger partial charge on any atom is -0.365 e. The zero-order valence-corrected chi connectivity index (χ0v) is 20.2. The Bertz CT molecular complexity index is 1270. The Morgan fingerprint density at radius 1 is 1.12 bits per heavy atom. The van der Waals surface area contributed by atoms with E-state index < -0.39 is 17.3 Å². The first-order valence-electron chi connectivity index (χ1n) is 10.7. The van der Waals surface area contributed by atoms with E-state index in [1.165, 1.54) is 13.1 Å². The molecule has 0 atom stereocenters. The first-order valence-corrected chi connectivity index (χ1v) is 11.1. The lowest BCUT2D eigenvalue weighted by molar-refractivity contribution is 0.170. The molecular weight excluding hydrogens is 468 g/mol. The van der Waals surface area contributed by atoms with Gasteiger partial charge in [-0.1, -0.05) is 11.6 Å². The van der Waals surface area contributed by atoms with E-state index in [4.69, 9.17) is 11.6 Å². The van der Waals surface area contributed by atoms with E-state index in [-0.39, 0.29) is 45.3 Å². The summed E-state index contributed by atoms with van der Waals surface area (Å²) in [5.41, 5.74) is -0.810. The van der Waals surface area contributed by atoms with E-state index in [2.05, 4.69) is 64.0 Å². The van der Waals surface area contributed by atoms with E-state index in [0.29, 0.717) is 0 Å². The smallest absolute Gasteiger partial charge is 0.365 e. The van der Waals surface area contributed by atoms with Crippen LogP contribution in [0.2, 0.25) is 5.02 Å². The molecule has 0 saturated carbocycles. The first kappa shape index (κ1) is 24.0. The summed E-state index contributed by atoms with van der Waals surface area (Å²) >= 11 is 6.12. The second-order valence-electron chi connectivity index (χ2n) is 9.74. The van der Waals surface area contributed by atoms with Gasteiger partial charge in [0.2, 0.25) is 5.95 Å². The molecule has 1 fully saturated rings. The third kappa shape index (κ3) is 5.02. The summed E-state index contributed by atoms with van der Waals surface area (Å²) in [5.74, 6) is -1.36. The Labute approximate surface area is 199 Å². The number of aryl methyl sites for hydroxylation is 1. The average Bonchev–Trinajstić information content (AvgIpc) is 3.02. The normalized spacial score (nSPS) is 17.5. The number of hydrogen-bond donors (Lipinski definition) is 3. The molecule has 3 heterocycles. The summed E-state index contributed by atoms with van der Waals surface area (Å²) in [4.78, 5) is 20.3. The van der Waals surface area contributed by atoms with Crippen molar-refractivity contribution in [1.29, 1.82) is 0 Å². The summed E-state index contributed by atoms with van der Waals surface area (Å²) in [7, 11) is 1.42. The Balaban J connectivity index is 1.61. The van der Waals surface area contributed by atoms with Crippen LogP contribution in [0.25, 0.3) is 5.69 Å². The maximum absolute atomic E-state index is 14.6. The van der Waals surface area contributed by atoms with Gasteiger partial charge in [0.15, 0.2) is 11.6 Å². The number of halogens is 3. The van der Waals surface area contributed by atoms with E-state index in [1.807, 2.05) is 0 Å². The number of tetrazole rings is 1. The van der Waals surface area contributed by atoms with E-state index in [0.717, 1.165) is 34.5 Å². The van der Waals surface area contributed by atoms with Crippen LogP contribution in [0.4, 0.5) is 26.2 Å². The highest BCUT2D eigenvalue weighted by atomic mass is 35.5. The lowest BCUT2D eigenvalue weighted by Crippen LogP contribution is -2.60. The molecule has 3 aromatic rings. The Morgan fingerprint density at radius 2 is 1.79 bits per heavy atom. The summed E-state index contributed by atoms with van der Waals surface area (Å²) in [5, 5.41) is 16.8. The number of rotatable bonds is 5. The molecule has 1 aromatic carbocycles. The van der Waals surface area contributed by atoms with E-state index in [9.17, 15) is 13.6 Å². The van der Waals surface area contributed by atoms with Crippen LogP contribution in [-0.4, -0.2) is 46.9 Å². The SMILES string of the molecule is Cn1nnn(-c2cc(Nc3ncc(F)c(NC4CC(C)(C)NC(C)(C)C4)n3)c(F)cc2Cl)c1=O. The van der Waals surface area contributed by atoms with Gasteiger partial charge >= 0.3 is 5.69 Å². The highest BCUT2D eigenvalue weighted by molar-refractivity contribution is 6.32. The monoisotopic (exact) mass is 493 g/mol. The second-order valence-corrected chi connectivity index (χ2v) is 10.1. The Morgan fingerprint density at radius 3 is 2.41 bits per heavy atom. The number of aromatic nitrogens is 6. The molecule has 10 nitrogen and oxygen atoms in total. The van der Waals surface area contributed by atoms with Gasteiger partial charge in [0.1, 0.15) is 5.82 Å².